The van der Waals surface area contributed by atoms with Gasteiger partial charge in [-0.1, -0.05) is 0 Å². The van der Waals surface area contributed by atoms with Gasteiger partial charge in [0.2, 0.25) is 5.91 Å². The van der Waals surface area contributed by atoms with Crippen molar-refractivity contribution < 1.29 is 4.79 Å². The van der Waals surface area contributed by atoms with Crippen LogP contribution in [0.25, 0.3) is 0 Å². The second-order valence-electron chi connectivity index (χ2n) is 3.85. The first-order valence-electron chi connectivity index (χ1n) is 5.25. The van der Waals surface area contributed by atoms with Crippen LogP contribution >= 0.6 is 0 Å². The number of carbonyl (C=O) groups is 1. The SMILES string of the molecule is Cn1ccc(CNC(=O)C2CCCN2)n1. The molecule has 0 bridgehead atoms. The number of nitrogens with one attached hydrogen (secondary N) is 2. The Balaban J connectivity index is 1.80. The standard InChI is InChI=1S/C10H16N4O/c1-14-6-4-8(13-14)7-12-10(15)9-3-2-5-11-9/h4,6,9,11H,2-3,5,7H2,1H3,(H,12,15). The number of amides is 1. The summed E-state index contributed by atoms with van der Waals surface area (Å²) in [6.45, 7) is 1.46. The van der Waals surface area contributed by atoms with E-state index < -0.39 is 0 Å². The van der Waals surface area contributed by atoms with E-state index in [9.17, 15) is 4.79 Å². The van der Waals surface area contributed by atoms with Gasteiger partial charge in [0.1, 0.15) is 0 Å². The topological polar surface area (TPSA) is 59.0 Å². The Morgan fingerprint density at radius 1 is 1.80 bits per heavy atom. The third-order valence-electron chi connectivity index (χ3n) is 2.59. The third kappa shape index (κ3) is 2.56. The summed E-state index contributed by atoms with van der Waals surface area (Å²) in [7, 11) is 1.86. The summed E-state index contributed by atoms with van der Waals surface area (Å²) in [6.07, 6.45) is 3.89. The summed E-state index contributed by atoms with van der Waals surface area (Å²) in [5.74, 6) is 0.0816. The summed E-state index contributed by atoms with van der Waals surface area (Å²) in [5, 5.41) is 10.2. The van der Waals surface area contributed by atoms with Crippen molar-refractivity contribution in [1.29, 1.82) is 0 Å². The molecule has 1 amide bonds. The van der Waals surface area contributed by atoms with Crippen LogP contribution < -0.4 is 10.6 Å². The van der Waals surface area contributed by atoms with Crippen molar-refractivity contribution in [3.63, 3.8) is 0 Å². The van der Waals surface area contributed by atoms with Crippen LogP contribution in [0, 0.1) is 0 Å². The Bertz CT molecular complexity index is 341. The predicted octanol–water partition coefficient (Wildman–Crippen LogP) is -0.212. The molecule has 0 saturated carbocycles. The van der Waals surface area contributed by atoms with Crippen molar-refractivity contribution >= 4 is 5.91 Å². The van der Waals surface area contributed by atoms with Crippen molar-refractivity contribution in [3.8, 4) is 0 Å². The molecule has 1 aromatic rings. The van der Waals surface area contributed by atoms with Gasteiger partial charge in [0.25, 0.3) is 0 Å². The first-order valence-corrected chi connectivity index (χ1v) is 5.25. The van der Waals surface area contributed by atoms with Crippen molar-refractivity contribution in [2.45, 2.75) is 25.4 Å². The predicted molar refractivity (Wildman–Crippen MR) is 56.1 cm³/mol. The van der Waals surface area contributed by atoms with Gasteiger partial charge >= 0.3 is 0 Å². The Kier molecular flexibility index (Phi) is 3.01. The van der Waals surface area contributed by atoms with E-state index >= 15 is 0 Å². The first-order chi connectivity index (χ1) is 7.25. The highest BCUT2D eigenvalue weighted by atomic mass is 16.2. The van der Waals surface area contributed by atoms with Crippen LogP contribution in [0.2, 0.25) is 0 Å². The van der Waals surface area contributed by atoms with E-state index in [0.29, 0.717) is 6.54 Å². The molecular weight excluding hydrogens is 192 g/mol. The molecule has 0 aliphatic carbocycles. The van der Waals surface area contributed by atoms with Crippen molar-refractivity contribution in [3.05, 3.63) is 18.0 Å². The van der Waals surface area contributed by atoms with Crippen molar-refractivity contribution in [2.75, 3.05) is 6.54 Å². The van der Waals surface area contributed by atoms with Crippen LogP contribution in [0.15, 0.2) is 12.3 Å². The van der Waals surface area contributed by atoms with E-state index in [-0.39, 0.29) is 11.9 Å². The quantitative estimate of drug-likeness (QED) is 0.722. The second-order valence-corrected chi connectivity index (χ2v) is 3.85. The van der Waals surface area contributed by atoms with Gasteiger partial charge in [-0.15, -0.1) is 0 Å². The molecule has 1 aliphatic rings. The van der Waals surface area contributed by atoms with Gasteiger partial charge in [-0.25, -0.2) is 0 Å². The molecule has 2 N–H and O–H groups in total. The fraction of sp³-hybridized carbons (Fsp3) is 0.600. The number of nitrogens with zero attached hydrogens (tertiary/aromatic N) is 2. The zero-order chi connectivity index (χ0) is 10.7. The molecule has 1 fully saturated rings. The average Bonchev–Trinajstić information content (AvgIpc) is 2.84. The molecular formula is C10H16N4O. The molecule has 1 aromatic heterocycles. The number of hydrogen-bond acceptors (Lipinski definition) is 3. The van der Waals surface area contributed by atoms with E-state index in [0.717, 1.165) is 25.1 Å². The number of aryl methyl sites for hydroxylation is 1. The zero-order valence-corrected chi connectivity index (χ0v) is 8.86. The maximum atomic E-state index is 11.6. The summed E-state index contributed by atoms with van der Waals surface area (Å²) in [5.41, 5.74) is 0.892. The minimum atomic E-state index is -0.00582. The highest BCUT2D eigenvalue weighted by Crippen LogP contribution is 2.04. The van der Waals surface area contributed by atoms with Crippen LogP contribution in [0.3, 0.4) is 0 Å². The van der Waals surface area contributed by atoms with Crippen LogP contribution in [-0.4, -0.2) is 28.3 Å². The molecule has 2 heterocycles. The number of aromatic nitrogens is 2. The van der Waals surface area contributed by atoms with Gasteiger partial charge in [-0.3, -0.25) is 9.48 Å². The highest BCUT2D eigenvalue weighted by Gasteiger charge is 2.21. The van der Waals surface area contributed by atoms with Gasteiger partial charge in [-0.05, 0) is 25.5 Å². The van der Waals surface area contributed by atoms with Crippen LogP contribution in [0.1, 0.15) is 18.5 Å². The number of carbonyl (C=O) groups excluding carboxylic acids is 1. The summed E-state index contributed by atoms with van der Waals surface area (Å²) >= 11 is 0. The molecule has 1 atom stereocenters. The lowest BCUT2D eigenvalue weighted by atomic mass is 10.2. The Morgan fingerprint density at radius 3 is 3.27 bits per heavy atom. The number of hydrogen-bond donors (Lipinski definition) is 2. The second kappa shape index (κ2) is 4.44. The lowest BCUT2D eigenvalue weighted by molar-refractivity contribution is -0.122. The van der Waals surface area contributed by atoms with Crippen LogP contribution in [0.4, 0.5) is 0 Å². The molecule has 0 radical (unpaired) electrons. The smallest absolute Gasteiger partial charge is 0.237 e. The minimum absolute atomic E-state index is 0.00582. The van der Waals surface area contributed by atoms with Gasteiger partial charge in [0.05, 0.1) is 18.3 Å². The molecule has 0 spiro atoms. The minimum Gasteiger partial charge on any atom is -0.349 e. The molecule has 1 unspecified atom stereocenters. The summed E-state index contributed by atoms with van der Waals surface area (Å²) < 4.78 is 1.73. The average molecular weight is 208 g/mol. The van der Waals surface area contributed by atoms with E-state index in [1.807, 2.05) is 19.3 Å². The fourth-order valence-corrected chi connectivity index (χ4v) is 1.77. The third-order valence-corrected chi connectivity index (χ3v) is 2.59. The molecule has 15 heavy (non-hydrogen) atoms. The highest BCUT2D eigenvalue weighted by molar-refractivity contribution is 5.81. The van der Waals surface area contributed by atoms with Gasteiger partial charge in [0.15, 0.2) is 0 Å². The maximum absolute atomic E-state index is 11.6. The number of rotatable bonds is 3. The largest absolute Gasteiger partial charge is 0.349 e. The van der Waals surface area contributed by atoms with Crippen molar-refractivity contribution in [1.82, 2.24) is 20.4 Å². The van der Waals surface area contributed by atoms with Gasteiger partial charge in [-0.2, -0.15) is 5.10 Å². The van der Waals surface area contributed by atoms with Gasteiger partial charge < -0.3 is 10.6 Å². The molecule has 1 saturated heterocycles. The molecule has 0 aromatic carbocycles. The monoisotopic (exact) mass is 208 g/mol. The van der Waals surface area contributed by atoms with Crippen LogP contribution in [-0.2, 0) is 18.4 Å². The molecule has 1 aliphatic heterocycles. The summed E-state index contributed by atoms with van der Waals surface area (Å²) in [4.78, 5) is 11.6. The van der Waals surface area contributed by atoms with Crippen LogP contribution in [0.5, 0.6) is 0 Å². The Hall–Kier alpha value is -1.36. The molecule has 5 heteroatoms. The normalized spacial score (nSPS) is 20.5. The zero-order valence-electron chi connectivity index (χ0n) is 8.86. The fourth-order valence-electron chi connectivity index (χ4n) is 1.77. The molecule has 82 valence electrons. The van der Waals surface area contributed by atoms with E-state index in [1.165, 1.54) is 0 Å². The van der Waals surface area contributed by atoms with E-state index in [4.69, 9.17) is 0 Å². The maximum Gasteiger partial charge on any atom is 0.237 e. The van der Waals surface area contributed by atoms with Gasteiger partial charge in [0, 0.05) is 13.2 Å². The lowest BCUT2D eigenvalue weighted by Gasteiger charge is -2.09. The Labute approximate surface area is 88.8 Å². The lowest BCUT2D eigenvalue weighted by Crippen LogP contribution is -2.40. The summed E-state index contributed by atoms with van der Waals surface area (Å²) in [6, 6.07) is 1.90. The van der Waals surface area contributed by atoms with E-state index in [1.54, 1.807) is 4.68 Å². The van der Waals surface area contributed by atoms with Crippen molar-refractivity contribution in [2.24, 2.45) is 7.05 Å². The first kappa shape index (κ1) is 10.2. The molecule has 2 rings (SSSR count). The molecule has 5 nitrogen and oxygen atoms in total. The van der Waals surface area contributed by atoms with E-state index in [2.05, 4.69) is 15.7 Å². The Morgan fingerprint density at radius 2 is 2.67 bits per heavy atom.